The summed E-state index contributed by atoms with van der Waals surface area (Å²) in [5, 5.41) is 3.69. The van der Waals surface area contributed by atoms with Gasteiger partial charge in [0.2, 0.25) is 0 Å². The van der Waals surface area contributed by atoms with E-state index in [9.17, 15) is 0 Å². The van der Waals surface area contributed by atoms with Gasteiger partial charge in [0.15, 0.2) is 0 Å². The van der Waals surface area contributed by atoms with Crippen molar-refractivity contribution in [1.29, 1.82) is 0 Å². The van der Waals surface area contributed by atoms with Crippen LogP contribution >= 0.6 is 0 Å². The Morgan fingerprint density at radius 1 is 1.28 bits per heavy atom. The molecule has 1 saturated heterocycles. The molecule has 2 nitrogen and oxygen atoms in total. The monoisotopic (exact) mass is 244 g/mol. The van der Waals surface area contributed by atoms with Crippen molar-refractivity contribution in [2.24, 2.45) is 5.92 Å². The van der Waals surface area contributed by atoms with Crippen LogP contribution in [0.3, 0.4) is 0 Å². The van der Waals surface area contributed by atoms with Crippen molar-refractivity contribution in [3.8, 4) is 0 Å². The maximum absolute atomic E-state index is 3.69. The van der Waals surface area contributed by atoms with Gasteiger partial charge >= 0.3 is 0 Å². The number of hydrogen-bond donors (Lipinski definition) is 1. The van der Waals surface area contributed by atoms with E-state index in [1.54, 1.807) is 0 Å². The lowest BCUT2D eigenvalue weighted by atomic mass is 9.94. The van der Waals surface area contributed by atoms with Gasteiger partial charge in [-0.1, -0.05) is 25.1 Å². The normalized spacial score (nSPS) is 31.4. The molecule has 2 heteroatoms. The highest BCUT2D eigenvalue weighted by Gasteiger charge is 2.28. The minimum Gasteiger partial charge on any atom is -0.367 e. The van der Waals surface area contributed by atoms with Crippen LogP contribution < -0.4 is 10.2 Å². The molecule has 0 aliphatic carbocycles. The molecule has 2 aliphatic heterocycles. The molecule has 3 atom stereocenters. The van der Waals surface area contributed by atoms with Crippen molar-refractivity contribution in [2.45, 2.75) is 45.2 Å². The Balaban J connectivity index is 1.72. The minimum absolute atomic E-state index is 0.654. The number of anilines is 1. The number of nitrogens with zero attached hydrogens (tertiary/aromatic N) is 1. The van der Waals surface area contributed by atoms with Crippen LogP contribution in [0.25, 0.3) is 0 Å². The summed E-state index contributed by atoms with van der Waals surface area (Å²) >= 11 is 0. The van der Waals surface area contributed by atoms with Gasteiger partial charge in [0, 0.05) is 24.3 Å². The van der Waals surface area contributed by atoms with Crippen molar-refractivity contribution < 1.29 is 0 Å². The SMILES string of the molecule is CC1CCNC(CN2c3ccccc3CC2C)C1. The Labute approximate surface area is 110 Å². The van der Waals surface area contributed by atoms with Gasteiger partial charge in [-0.15, -0.1) is 0 Å². The molecule has 0 amide bonds. The van der Waals surface area contributed by atoms with Gasteiger partial charge in [-0.05, 0) is 50.3 Å². The van der Waals surface area contributed by atoms with Gasteiger partial charge in [-0.2, -0.15) is 0 Å². The number of hydrogen-bond acceptors (Lipinski definition) is 2. The van der Waals surface area contributed by atoms with Crippen LogP contribution in [0.1, 0.15) is 32.3 Å². The molecule has 1 aromatic rings. The van der Waals surface area contributed by atoms with E-state index in [0.29, 0.717) is 12.1 Å². The van der Waals surface area contributed by atoms with E-state index in [0.717, 1.165) is 5.92 Å². The lowest BCUT2D eigenvalue weighted by Crippen LogP contribution is -2.47. The highest BCUT2D eigenvalue weighted by atomic mass is 15.2. The molecule has 2 aliphatic rings. The predicted octanol–water partition coefficient (Wildman–Crippen LogP) is 2.83. The van der Waals surface area contributed by atoms with Crippen LogP contribution in [0.5, 0.6) is 0 Å². The Morgan fingerprint density at radius 2 is 2.11 bits per heavy atom. The van der Waals surface area contributed by atoms with Crippen molar-refractivity contribution in [2.75, 3.05) is 18.0 Å². The number of para-hydroxylation sites is 1. The van der Waals surface area contributed by atoms with Gasteiger partial charge in [0.25, 0.3) is 0 Å². The standard InChI is InChI=1S/C16H24N2/c1-12-7-8-17-15(9-12)11-18-13(2)10-14-5-3-4-6-16(14)18/h3-6,12-13,15,17H,7-11H2,1-2H3. The third kappa shape index (κ3) is 2.26. The third-order valence-electron chi connectivity index (χ3n) is 4.52. The van der Waals surface area contributed by atoms with Gasteiger partial charge < -0.3 is 10.2 Å². The molecule has 0 spiro atoms. The number of benzene rings is 1. The Hall–Kier alpha value is -1.02. The second-order valence-corrected chi connectivity index (χ2v) is 6.11. The van der Waals surface area contributed by atoms with Crippen molar-refractivity contribution in [3.63, 3.8) is 0 Å². The predicted molar refractivity (Wildman–Crippen MR) is 77.1 cm³/mol. The molecule has 18 heavy (non-hydrogen) atoms. The van der Waals surface area contributed by atoms with Crippen LogP contribution in [0, 0.1) is 5.92 Å². The molecule has 0 aromatic heterocycles. The largest absolute Gasteiger partial charge is 0.367 e. The summed E-state index contributed by atoms with van der Waals surface area (Å²) in [6.07, 6.45) is 3.87. The number of piperidine rings is 1. The van der Waals surface area contributed by atoms with Gasteiger partial charge in [-0.3, -0.25) is 0 Å². The first-order valence-electron chi connectivity index (χ1n) is 7.32. The van der Waals surface area contributed by atoms with Crippen LogP contribution in [-0.2, 0) is 6.42 Å². The van der Waals surface area contributed by atoms with Crippen LogP contribution in [0.4, 0.5) is 5.69 Å². The zero-order valence-electron chi connectivity index (χ0n) is 11.5. The van der Waals surface area contributed by atoms with Gasteiger partial charge in [0.05, 0.1) is 0 Å². The number of rotatable bonds is 2. The fourth-order valence-electron chi connectivity index (χ4n) is 3.51. The second-order valence-electron chi connectivity index (χ2n) is 6.11. The molecule has 3 unspecified atom stereocenters. The molecular weight excluding hydrogens is 220 g/mol. The molecule has 98 valence electrons. The molecule has 2 heterocycles. The summed E-state index contributed by atoms with van der Waals surface area (Å²) in [5.41, 5.74) is 2.99. The van der Waals surface area contributed by atoms with Crippen LogP contribution in [-0.4, -0.2) is 25.2 Å². The van der Waals surface area contributed by atoms with Gasteiger partial charge in [0.1, 0.15) is 0 Å². The minimum atomic E-state index is 0.654. The zero-order chi connectivity index (χ0) is 12.5. The summed E-state index contributed by atoms with van der Waals surface area (Å²) in [6.45, 7) is 7.10. The molecule has 0 saturated carbocycles. The maximum Gasteiger partial charge on any atom is 0.0402 e. The van der Waals surface area contributed by atoms with Crippen LogP contribution in [0.15, 0.2) is 24.3 Å². The van der Waals surface area contributed by atoms with Crippen molar-refractivity contribution >= 4 is 5.69 Å². The summed E-state index contributed by atoms with van der Waals surface area (Å²) in [6, 6.07) is 10.2. The lowest BCUT2D eigenvalue weighted by molar-refractivity contribution is 0.318. The second kappa shape index (κ2) is 4.93. The van der Waals surface area contributed by atoms with E-state index in [1.807, 2.05) is 0 Å². The van der Waals surface area contributed by atoms with E-state index in [1.165, 1.54) is 43.6 Å². The topological polar surface area (TPSA) is 15.3 Å². The first-order chi connectivity index (χ1) is 8.74. The molecule has 1 fully saturated rings. The highest BCUT2D eigenvalue weighted by Crippen LogP contribution is 2.32. The Kier molecular flexibility index (Phi) is 3.29. The van der Waals surface area contributed by atoms with Crippen molar-refractivity contribution in [3.05, 3.63) is 29.8 Å². The first-order valence-corrected chi connectivity index (χ1v) is 7.32. The average Bonchev–Trinajstić information content (AvgIpc) is 2.66. The molecular formula is C16H24N2. The maximum atomic E-state index is 3.69. The smallest absolute Gasteiger partial charge is 0.0402 e. The summed E-state index contributed by atoms with van der Waals surface area (Å²) in [7, 11) is 0. The summed E-state index contributed by atoms with van der Waals surface area (Å²) in [4.78, 5) is 2.60. The van der Waals surface area contributed by atoms with E-state index in [2.05, 4.69) is 48.3 Å². The lowest BCUT2D eigenvalue weighted by Gasteiger charge is -2.34. The fourth-order valence-corrected chi connectivity index (χ4v) is 3.51. The third-order valence-corrected chi connectivity index (χ3v) is 4.52. The summed E-state index contributed by atoms with van der Waals surface area (Å²) in [5.74, 6) is 0.879. The quantitative estimate of drug-likeness (QED) is 0.860. The van der Waals surface area contributed by atoms with E-state index in [-0.39, 0.29) is 0 Å². The number of fused-ring (bicyclic) bond motifs is 1. The van der Waals surface area contributed by atoms with E-state index >= 15 is 0 Å². The summed E-state index contributed by atoms with van der Waals surface area (Å²) < 4.78 is 0. The van der Waals surface area contributed by atoms with Gasteiger partial charge in [-0.25, -0.2) is 0 Å². The number of nitrogens with one attached hydrogen (secondary N) is 1. The van der Waals surface area contributed by atoms with Crippen molar-refractivity contribution in [1.82, 2.24) is 5.32 Å². The Bertz CT molecular complexity index is 415. The zero-order valence-corrected chi connectivity index (χ0v) is 11.5. The molecule has 1 N–H and O–H groups in total. The fraction of sp³-hybridized carbons (Fsp3) is 0.625. The highest BCUT2D eigenvalue weighted by molar-refractivity contribution is 5.59. The molecule has 0 radical (unpaired) electrons. The van der Waals surface area contributed by atoms with E-state index < -0.39 is 0 Å². The molecule has 0 bridgehead atoms. The molecule has 3 rings (SSSR count). The first kappa shape index (κ1) is 12.0. The Morgan fingerprint density at radius 3 is 2.94 bits per heavy atom. The van der Waals surface area contributed by atoms with E-state index in [4.69, 9.17) is 0 Å². The molecule has 1 aromatic carbocycles. The average molecular weight is 244 g/mol. The van der Waals surface area contributed by atoms with Crippen LogP contribution in [0.2, 0.25) is 0 Å².